The van der Waals surface area contributed by atoms with Gasteiger partial charge < -0.3 is 129 Å². The lowest BCUT2D eigenvalue weighted by Gasteiger charge is -2.72. The van der Waals surface area contributed by atoms with Gasteiger partial charge >= 0.3 is 5.97 Å². The maximum atomic E-state index is 15.2. The standard InChI is InChI=1S/C58H94O27/c1-23-10-15-58(52(74)85-50-43(73)39(69)36(66)29(81-50)22-78-47-41(71)37(67)34(64)27(18-59)79-47)17-16-55(5)24(46(58)57(23,7)75)8-9-31-54(4)13-12-32(53(2,3)30(54)11-14-56(31,55)6)82-51-45(84-49-42(72)38(68)35(65)28(19-60)80-49)44(26(62)21-77-51)83-48-40(70)33(63)25(61)20-76-48/h8,23,25-51,59-73,75H,9-22H2,1-7H3. The number of fused-ring (bicyclic) bond motifs is 7. The minimum absolute atomic E-state index is 0.0258. The number of rotatable bonds is 13. The number of hydrogen-bond donors (Lipinski definition) is 16. The van der Waals surface area contributed by atoms with Crippen LogP contribution in [0, 0.1) is 50.7 Å². The van der Waals surface area contributed by atoms with Crippen molar-refractivity contribution < 1.29 is 134 Å². The van der Waals surface area contributed by atoms with Gasteiger partial charge in [-0.1, -0.05) is 53.2 Å². The van der Waals surface area contributed by atoms with Crippen molar-refractivity contribution in [2.45, 2.75) is 259 Å². The molecular weight excluding hydrogens is 1130 g/mol. The summed E-state index contributed by atoms with van der Waals surface area (Å²) in [7, 11) is 0. The van der Waals surface area contributed by atoms with Gasteiger partial charge in [0.15, 0.2) is 25.2 Å². The molecule has 5 saturated heterocycles. The Morgan fingerprint density at radius 3 is 1.75 bits per heavy atom. The Morgan fingerprint density at radius 1 is 0.553 bits per heavy atom. The van der Waals surface area contributed by atoms with Gasteiger partial charge in [-0.15, -0.1) is 0 Å². The molecule has 9 fully saturated rings. The first kappa shape index (κ1) is 66.1. The molecule has 0 aromatic heterocycles. The summed E-state index contributed by atoms with van der Waals surface area (Å²) in [4.78, 5) is 15.2. The minimum atomic E-state index is -1.92. The summed E-state index contributed by atoms with van der Waals surface area (Å²) in [6.07, 6.45) is -31.4. The number of carbonyl (C=O) groups is 1. The molecule has 4 saturated carbocycles. The largest absolute Gasteiger partial charge is 0.432 e. The molecule has 10 aliphatic rings. The molecule has 27 nitrogen and oxygen atoms in total. The number of esters is 1. The molecule has 0 spiro atoms. The van der Waals surface area contributed by atoms with Crippen LogP contribution in [0.5, 0.6) is 0 Å². The number of aliphatic hydroxyl groups excluding tert-OH is 15. The number of hydrogen-bond acceptors (Lipinski definition) is 27. The van der Waals surface area contributed by atoms with E-state index in [1.165, 1.54) is 0 Å². The van der Waals surface area contributed by atoms with E-state index in [0.29, 0.717) is 38.5 Å². The van der Waals surface area contributed by atoms with E-state index in [4.69, 9.17) is 47.4 Å². The molecule has 0 bridgehead atoms. The van der Waals surface area contributed by atoms with Crippen LogP contribution in [0.25, 0.3) is 0 Å². The number of aliphatic hydroxyl groups is 16. The van der Waals surface area contributed by atoms with Crippen molar-refractivity contribution in [3.05, 3.63) is 11.6 Å². The lowest BCUT2D eigenvalue weighted by molar-refractivity contribution is -0.385. The van der Waals surface area contributed by atoms with Gasteiger partial charge in [-0.3, -0.25) is 4.79 Å². The molecule has 10 rings (SSSR count). The van der Waals surface area contributed by atoms with Gasteiger partial charge in [0.2, 0.25) is 6.29 Å². The predicted octanol–water partition coefficient (Wildman–Crippen LogP) is -3.96. The second-order valence-electron chi connectivity index (χ2n) is 27.9. The average molecular weight is 1220 g/mol. The Kier molecular flexibility index (Phi) is 18.9. The summed E-state index contributed by atoms with van der Waals surface area (Å²) in [5.41, 5.74) is -3.67. The van der Waals surface area contributed by atoms with Gasteiger partial charge in [0.05, 0.1) is 50.2 Å². The number of carbonyl (C=O) groups excluding carboxylic acids is 1. The van der Waals surface area contributed by atoms with Crippen molar-refractivity contribution >= 4 is 5.97 Å². The molecule has 488 valence electrons. The third kappa shape index (κ3) is 10.9. The van der Waals surface area contributed by atoms with E-state index in [1.54, 1.807) is 6.92 Å². The molecule has 85 heavy (non-hydrogen) atoms. The van der Waals surface area contributed by atoms with Gasteiger partial charge in [0.1, 0.15) is 110 Å². The zero-order valence-electron chi connectivity index (χ0n) is 49.3. The SMILES string of the molecule is CC1CCC2(C(=O)OC3OC(COC4OC(CO)C(O)C(O)C4O)C(O)C(O)C3O)CCC3(C)C(=CCC4C5(C)CCC(OC6OCC(O)C(OC7OCC(O)C(O)C7O)C6OC6OC(CO)C(O)C(O)C6O)C(C)(C)C5CCC43C)C2C1(C)O. The van der Waals surface area contributed by atoms with Crippen LogP contribution in [0.1, 0.15) is 106 Å². The fraction of sp³-hybridized carbons (Fsp3) is 0.948. The van der Waals surface area contributed by atoms with Crippen LogP contribution < -0.4 is 0 Å². The Morgan fingerprint density at radius 2 is 1.11 bits per heavy atom. The maximum absolute atomic E-state index is 15.2. The smallest absolute Gasteiger partial charge is 0.315 e. The topological polar surface area (TPSA) is 433 Å². The van der Waals surface area contributed by atoms with Crippen molar-refractivity contribution in [2.75, 3.05) is 33.0 Å². The normalized spacial score (nSPS) is 55.3. The molecule has 0 aromatic carbocycles. The molecule has 16 N–H and O–H groups in total. The number of ether oxygens (including phenoxy) is 10. The molecule has 5 heterocycles. The van der Waals surface area contributed by atoms with E-state index in [2.05, 4.69) is 40.7 Å². The Hall–Kier alpha value is -1.79. The zero-order valence-corrected chi connectivity index (χ0v) is 49.3. The van der Waals surface area contributed by atoms with Gasteiger partial charge in [0.25, 0.3) is 0 Å². The molecular formula is C58H94O27. The molecule has 0 radical (unpaired) electrons. The van der Waals surface area contributed by atoms with E-state index in [0.717, 1.165) is 18.4 Å². The van der Waals surface area contributed by atoms with Gasteiger partial charge in [-0.05, 0) is 104 Å². The highest BCUT2D eigenvalue weighted by atomic mass is 16.8. The van der Waals surface area contributed by atoms with Crippen LogP contribution in [-0.2, 0) is 52.2 Å². The monoisotopic (exact) mass is 1220 g/mol. The Balaban J connectivity index is 0.886. The first-order valence-electron chi connectivity index (χ1n) is 30.3. The van der Waals surface area contributed by atoms with E-state index < -0.39 is 208 Å². The van der Waals surface area contributed by atoms with Gasteiger partial charge in [-0.25, -0.2) is 0 Å². The van der Waals surface area contributed by atoms with E-state index in [9.17, 15) is 81.7 Å². The Labute approximate surface area is 493 Å². The van der Waals surface area contributed by atoms with E-state index >= 15 is 4.79 Å². The van der Waals surface area contributed by atoms with Crippen molar-refractivity contribution in [2.24, 2.45) is 50.7 Å². The fourth-order valence-corrected chi connectivity index (χ4v) is 17.6. The van der Waals surface area contributed by atoms with Crippen LogP contribution in [-0.4, -0.2) is 274 Å². The highest BCUT2D eigenvalue weighted by molar-refractivity contribution is 5.79. The van der Waals surface area contributed by atoms with E-state index in [1.807, 2.05) is 6.92 Å². The second-order valence-corrected chi connectivity index (χ2v) is 27.9. The van der Waals surface area contributed by atoms with Gasteiger partial charge in [0, 0.05) is 5.92 Å². The van der Waals surface area contributed by atoms with Gasteiger partial charge in [-0.2, -0.15) is 0 Å². The maximum Gasteiger partial charge on any atom is 0.315 e. The molecule has 27 heteroatoms. The highest BCUT2D eigenvalue weighted by Gasteiger charge is 2.72. The summed E-state index contributed by atoms with van der Waals surface area (Å²) in [6.45, 7) is 12.0. The average Bonchev–Trinajstić information content (AvgIpc) is 0.680. The fourth-order valence-electron chi connectivity index (χ4n) is 17.6. The summed E-state index contributed by atoms with van der Waals surface area (Å²) in [5.74, 6) is -1.67. The van der Waals surface area contributed by atoms with Crippen LogP contribution >= 0.6 is 0 Å². The van der Waals surface area contributed by atoms with Crippen LogP contribution in [0.3, 0.4) is 0 Å². The van der Waals surface area contributed by atoms with Crippen molar-refractivity contribution in [1.29, 1.82) is 0 Å². The Bertz CT molecular complexity index is 2360. The summed E-state index contributed by atoms with van der Waals surface area (Å²) in [6, 6.07) is 0. The predicted molar refractivity (Wildman–Crippen MR) is 285 cm³/mol. The lowest BCUT2D eigenvalue weighted by atomic mass is 9.33. The quantitative estimate of drug-likeness (QED) is 0.0475. The molecule has 0 aromatic rings. The summed E-state index contributed by atoms with van der Waals surface area (Å²) in [5, 5.41) is 173. The molecule has 5 aliphatic heterocycles. The third-order valence-corrected chi connectivity index (χ3v) is 23.2. The zero-order chi connectivity index (χ0) is 62.0. The second kappa shape index (κ2) is 24.4. The van der Waals surface area contributed by atoms with Crippen LogP contribution in [0.4, 0.5) is 0 Å². The van der Waals surface area contributed by atoms with E-state index in [-0.39, 0.29) is 41.6 Å². The first-order valence-corrected chi connectivity index (χ1v) is 30.3. The highest BCUT2D eigenvalue weighted by Crippen LogP contribution is 2.76. The number of allylic oxidation sites excluding steroid dienone is 1. The van der Waals surface area contributed by atoms with Crippen LogP contribution in [0.15, 0.2) is 11.6 Å². The minimum Gasteiger partial charge on any atom is -0.432 e. The summed E-state index contributed by atoms with van der Waals surface area (Å²) < 4.78 is 60.0. The third-order valence-electron chi connectivity index (χ3n) is 23.2. The molecule has 33 atom stereocenters. The van der Waals surface area contributed by atoms with Crippen molar-refractivity contribution in [1.82, 2.24) is 0 Å². The van der Waals surface area contributed by atoms with Crippen molar-refractivity contribution in [3.8, 4) is 0 Å². The van der Waals surface area contributed by atoms with Crippen molar-refractivity contribution in [3.63, 3.8) is 0 Å². The van der Waals surface area contributed by atoms with Crippen LogP contribution in [0.2, 0.25) is 0 Å². The lowest BCUT2D eigenvalue weighted by Crippen LogP contribution is -2.68. The molecule has 33 unspecified atom stereocenters. The molecule has 0 amide bonds. The summed E-state index contributed by atoms with van der Waals surface area (Å²) >= 11 is 0. The first-order chi connectivity index (χ1) is 39.8. The molecule has 5 aliphatic carbocycles.